The topological polar surface area (TPSA) is 26.3 Å². The zero-order chi connectivity index (χ0) is 15.0. The minimum Gasteiger partial charge on any atom is -0.497 e. The van der Waals surface area contributed by atoms with Crippen LogP contribution in [0.3, 0.4) is 0 Å². The van der Waals surface area contributed by atoms with Crippen LogP contribution in [-0.4, -0.2) is 12.9 Å². The number of Topliss-reactive ketones (excluding diaryl/α,β-unsaturated/α-hetero) is 1. The van der Waals surface area contributed by atoms with E-state index in [2.05, 4.69) is 13.5 Å². The highest BCUT2D eigenvalue weighted by Crippen LogP contribution is 2.37. The molecule has 2 aromatic rings. The molecule has 0 bridgehead atoms. The lowest BCUT2D eigenvalue weighted by atomic mass is 9.94. The van der Waals surface area contributed by atoms with Crippen LogP contribution in [0.25, 0.3) is 22.9 Å². The van der Waals surface area contributed by atoms with Gasteiger partial charge in [-0.05, 0) is 58.7 Å². The number of hydrogen-bond donors (Lipinski definition) is 0. The minimum atomic E-state index is 0.164. The number of carbonyl (C=O) groups is 1. The lowest BCUT2D eigenvalue weighted by Crippen LogP contribution is -2.00. The lowest BCUT2D eigenvalue weighted by Gasteiger charge is -2.10. The number of carbonyl (C=O) groups excluding carboxylic acids is 1. The predicted octanol–water partition coefficient (Wildman–Crippen LogP) is 4.87. The third-order valence-corrected chi connectivity index (χ3v) is 3.99. The van der Waals surface area contributed by atoms with E-state index in [4.69, 9.17) is 4.74 Å². The van der Waals surface area contributed by atoms with Gasteiger partial charge in [-0.2, -0.15) is 0 Å². The molecule has 21 heavy (non-hydrogen) atoms. The van der Waals surface area contributed by atoms with Crippen LogP contribution in [0.4, 0.5) is 0 Å². The van der Waals surface area contributed by atoms with E-state index in [0.29, 0.717) is 0 Å². The van der Waals surface area contributed by atoms with Gasteiger partial charge in [-0.1, -0.05) is 26.0 Å². The van der Waals surface area contributed by atoms with Crippen molar-refractivity contribution in [2.75, 3.05) is 7.11 Å². The van der Waals surface area contributed by atoms with Crippen molar-refractivity contribution in [2.24, 2.45) is 0 Å². The maximum absolute atomic E-state index is 12.6. The first-order valence-electron chi connectivity index (χ1n) is 7.22. The smallest absolute Gasteiger partial charge is 0.190 e. The molecule has 2 nitrogen and oxygen atoms in total. The molecule has 0 fully saturated rings. The Morgan fingerprint density at radius 3 is 2.71 bits per heavy atom. The summed E-state index contributed by atoms with van der Waals surface area (Å²) >= 11 is 0. The van der Waals surface area contributed by atoms with Crippen molar-refractivity contribution in [3.63, 3.8) is 0 Å². The Bertz CT molecular complexity index is 782. The summed E-state index contributed by atoms with van der Waals surface area (Å²) < 4.78 is 5.30. The number of allylic oxidation sites excluding steroid dienone is 1. The molecule has 0 atom stereocenters. The van der Waals surface area contributed by atoms with E-state index in [1.807, 2.05) is 36.4 Å². The highest BCUT2D eigenvalue weighted by atomic mass is 16.5. The third kappa shape index (κ3) is 2.07. The van der Waals surface area contributed by atoms with E-state index in [0.717, 1.165) is 51.6 Å². The van der Waals surface area contributed by atoms with Crippen LogP contribution in [-0.2, 0) is 0 Å². The molecule has 0 saturated carbocycles. The van der Waals surface area contributed by atoms with Gasteiger partial charge in [0.25, 0.3) is 0 Å². The van der Waals surface area contributed by atoms with Gasteiger partial charge in [0, 0.05) is 11.1 Å². The molecule has 106 valence electrons. The van der Waals surface area contributed by atoms with Crippen LogP contribution in [0.5, 0.6) is 5.75 Å². The Labute approximate surface area is 124 Å². The second-order valence-electron chi connectivity index (χ2n) is 5.29. The van der Waals surface area contributed by atoms with Gasteiger partial charge in [0.1, 0.15) is 5.75 Å². The molecule has 0 amide bonds. The van der Waals surface area contributed by atoms with E-state index in [9.17, 15) is 4.79 Å². The maximum atomic E-state index is 12.6. The van der Waals surface area contributed by atoms with Crippen molar-refractivity contribution in [3.05, 3.63) is 53.1 Å². The summed E-state index contributed by atoms with van der Waals surface area (Å²) in [6.07, 6.45) is 5.66. The Morgan fingerprint density at radius 2 is 2.05 bits per heavy atom. The molecule has 3 rings (SSSR count). The fourth-order valence-corrected chi connectivity index (χ4v) is 2.99. The van der Waals surface area contributed by atoms with Crippen LogP contribution in [0, 0.1) is 0 Å². The Kier molecular flexibility index (Phi) is 3.38. The third-order valence-electron chi connectivity index (χ3n) is 3.99. The first-order chi connectivity index (χ1) is 10.2. The molecule has 0 radical (unpaired) electrons. The van der Waals surface area contributed by atoms with E-state index < -0.39 is 0 Å². The summed E-state index contributed by atoms with van der Waals surface area (Å²) in [5, 5.41) is 2.00. The molecule has 2 aromatic carbocycles. The summed E-state index contributed by atoms with van der Waals surface area (Å²) in [7, 11) is 1.65. The van der Waals surface area contributed by atoms with E-state index >= 15 is 0 Å². The number of methoxy groups -OCH3 is 1. The lowest BCUT2D eigenvalue weighted by molar-refractivity contribution is 0.103. The molecule has 0 spiro atoms. The molecular weight excluding hydrogens is 260 g/mol. The zero-order valence-corrected chi connectivity index (χ0v) is 12.4. The first kappa shape index (κ1) is 13.6. The number of benzene rings is 2. The molecular formula is C19H18O2. The van der Waals surface area contributed by atoms with E-state index in [1.54, 1.807) is 7.11 Å². The molecule has 2 heteroatoms. The molecule has 1 aliphatic carbocycles. The largest absolute Gasteiger partial charge is 0.497 e. The Hall–Kier alpha value is -2.35. The van der Waals surface area contributed by atoms with E-state index in [-0.39, 0.29) is 5.78 Å². The SMILES string of the molecule is C=Cc1cc2c(c3ccc(OC)cc13)C(=O)C(CCC)=C2. The molecule has 0 N–H and O–H groups in total. The predicted molar refractivity (Wildman–Crippen MR) is 87.8 cm³/mol. The molecule has 1 aliphatic rings. The zero-order valence-electron chi connectivity index (χ0n) is 12.4. The summed E-state index contributed by atoms with van der Waals surface area (Å²) in [4.78, 5) is 12.6. The fraction of sp³-hybridized carbons (Fsp3) is 0.211. The Morgan fingerprint density at radius 1 is 1.24 bits per heavy atom. The highest BCUT2D eigenvalue weighted by molar-refractivity contribution is 6.24. The monoisotopic (exact) mass is 278 g/mol. The van der Waals surface area contributed by atoms with Crippen LogP contribution >= 0.6 is 0 Å². The summed E-state index contributed by atoms with van der Waals surface area (Å²) in [5.74, 6) is 0.954. The average Bonchev–Trinajstić information content (AvgIpc) is 2.82. The normalized spacial score (nSPS) is 13.2. The summed E-state index contributed by atoms with van der Waals surface area (Å²) in [6, 6.07) is 7.89. The number of fused-ring (bicyclic) bond motifs is 3. The average molecular weight is 278 g/mol. The standard InChI is InChI=1S/C19H18O2/c1-4-6-13-10-14-9-12(5-2)17-11-15(21-3)7-8-16(17)18(14)19(13)20/h5,7-11H,2,4,6H2,1,3H3. The van der Waals surface area contributed by atoms with Crippen LogP contribution in [0.15, 0.2) is 36.4 Å². The van der Waals surface area contributed by atoms with E-state index in [1.165, 1.54) is 0 Å². The number of rotatable bonds is 4. The Balaban J connectivity index is 2.29. The highest BCUT2D eigenvalue weighted by Gasteiger charge is 2.25. The van der Waals surface area contributed by atoms with Crippen molar-refractivity contribution in [3.8, 4) is 5.75 Å². The molecule has 0 aliphatic heterocycles. The van der Waals surface area contributed by atoms with Gasteiger partial charge in [-0.15, -0.1) is 0 Å². The quantitative estimate of drug-likeness (QED) is 0.797. The van der Waals surface area contributed by atoms with Crippen molar-refractivity contribution in [2.45, 2.75) is 19.8 Å². The molecule has 0 saturated heterocycles. The van der Waals surface area contributed by atoms with Gasteiger partial charge in [0.2, 0.25) is 0 Å². The van der Waals surface area contributed by atoms with Gasteiger partial charge in [-0.25, -0.2) is 0 Å². The van der Waals surface area contributed by atoms with Gasteiger partial charge in [0.05, 0.1) is 7.11 Å². The molecule has 0 unspecified atom stereocenters. The van der Waals surface area contributed by atoms with Crippen LogP contribution in [0.1, 0.15) is 41.3 Å². The number of hydrogen-bond acceptors (Lipinski definition) is 2. The summed E-state index contributed by atoms with van der Waals surface area (Å²) in [6.45, 7) is 5.98. The van der Waals surface area contributed by atoms with Crippen LogP contribution < -0.4 is 4.74 Å². The molecule has 0 aromatic heterocycles. The van der Waals surface area contributed by atoms with Gasteiger partial charge in [0.15, 0.2) is 5.78 Å². The van der Waals surface area contributed by atoms with Crippen molar-refractivity contribution < 1.29 is 9.53 Å². The minimum absolute atomic E-state index is 0.164. The first-order valence-corrected chi connectivity index (χ1v) is 7.22. The van der Waals surface area contributed by atoms with Crippen molar-refractivity contribution in [1.82, 2.24) is 0 Å². The van der Waals surface area contributed by atoms with Gasteiger partial charge in [-0.3, -0.25) is 4.79 Å². The van der Waals surface area contributed by atoms with Gasteiger partial charge < -0.3 is 4.74 Å². The maximum Gasteiger partial charge on any atom is 0.190 e. The molecule has 0 heterocycles. The summed E-state index contributed by atoms with van der Waals surface area (Å²) in [5.41, 5.74) is 3.77. The second kappa shape index (κ2) is 5.21. The van der Waals surface area contributed by atoms with Crippen LogP contribution in [0.2, 0.25) is 0 Å². The van der Waals surface area contributed by atoms with Crippen molar-refractivity contribution >= 4 is 28.7 Å². The second-order valence-corrected chi connectivity index (χ2v) is 5.29. The van der Waals surface area contributed by atoms with Gasteiger partial charge >= 0.3 is 0 Å². The number of ketones is 1. The fourth-order valence-electron chi connectivity index (χ4n) is 2.99. The number of ether oxygens (including phenoxy) is 1. The van der Waals surface area contributed by atoms with Crippen molar-refractivity contribution in [1.29, 1.82) is 0 Å².